The van der Waals surface area contributed by atoms with E-state index in [1.165, 1.54) is 0 Å². The van der Waals surface area contributed by atoms with Crippen LogP contribution >= 0.6 is 0 Å². The van der Waals surface area contributed by atoms with E-state index >= 15 is 0 Å². The normalized spacial score (nSPS) is 31.7. The zero-order valence-electron chi connectivity index (χ0n) is 5.36. The van der Waals surface area contributed by atoms with Crippen LogP contribution in [0.25, 0.3) is 0 Å². The van der Waals surface area contributed by atoms with Crippen molar-refractivity contribution in [3.63, 3.8) is 0 Å². The van der Waals surface area contributed by atoms with Crippen LogP contribution in [-0.2, 0) is 4.74 Å². The number of rotatable bonds is 1. The monoisotopic (exact) mass is 140 g/mol. The van der Waals surface area contributed by atoms with Gasteiger partial charge in [-0.25, -0.2) is 0 Å². The number of furan rings is 1. The van der Waals surface area contributed by atoms with Crippen LogP contribution in [-0.4, -0.2) is 11.4 Å². The summed E-state index contributed by atoms with van der Waals surface area (Å²) >= 11 is 0. The molecule has 0 radical (unpaired) electrons. The van der Waals surface area contributed by atoms with Gasteiger partial charge in [-0.3, -0.25) is 0 Å². The fourth-order valence-corrected chi connectivity index (χ4v) is 1.02. The molecule has 1 aliphatic heterocycles. The molecule has 1 fully saturated rings. The Labute approximate surface area is 58.2 Å². The number of ether oxygens (including phenoxy) is 1. The SMILES string of the molecule is OC1CC(c2ccco2)O1. The van der Waals surface area contributed by atoms with Crippen molar-refractivity contribution in [3.05, 3.63) is 24.2 Å². The molecule has 1 aliphatic rings. The van der Waals surface area contributed by atoms with Crippen LogP contribution in [0.3, 0.4) is 0 Å². The van der Waals surface area contributed by atoms with E-state index in [2.05, 4.69) is 0 Å². The fourth-order valence-electron chi connectivity index (χ4n) is 1.02. The van der Waals surface area contributed by atoms with Gasteiger partial charge >= 0.3 is 0 Å². The molecule has 10 heavy (non-hydrogen) atoms. The van der Waals surface area contributed by atoms with Crippen LogP contribution in [0.5, 0.6) is 0 Å². The number of aliphatic hydroxyl groups excluding tert-OH is 1. The highest BCUT2D eigenvalue weighted by molar-refractivity contribution is 5.04. The van der Waals surface area contributed by atoms with Crippen LogP contribution in [0.2, 0.25) is 0 Å². The molecule has 3 nitrogen and oxygen atoms in total. The topological polar surface area (TPSA) is 42.6 Å². The minimum atomic E-state index is -0.588. The van der Waals surface area contributed by atoms with Gasteiger partial charge in [0.2, 0.25) is 0 Å². The van der Waals surface area contributed by atoms with Gasteiger partial charge in [0.15, 0.2) is 6.29 Å². The second-order valence-electron chi connectivity index (χ2n) is 2.33. The van der Waals surface area contributed by atoms with Crippen molar-refractivity contribution >= 4 is 0 Å². The minimum Gasteiger partial charge on any atom is -0.467 e. The van der Waals surface area contributed by atoms with Crippen LogP contribution in [0.4, 0.5) is 0 Å². The Hall–Kier alpha value is -0.800. The van der Waals surface area contributed by atoms with Gasteiger partial charge in [-0.05, 0) is 12.1 Å². The summed E-state index contributed by atoms with van der Waals surface area (Å²) in [6, 6.07) is 3.65. The summed E-state index contributed by atoms with van der Waals surface area (Å²) in [5, 5.41) is 8.75. The van der Waals surface area contributed by atoms with Crippen LogP contribution in [0.15, 0.2) is 22.8 Å². The van der Waals surface area contributed by atoms with E-state index in [9.17, 15) is 0 Å². The van der Waals surface area contributed by atoms with Crippen LogP contribution in [0.1, 0.15) is 18.3 Å². The van der Waals surface area contributed by atoms with E-state index in [-0.39, 0.29) is 6.10 Å². The Bertz CT molecular complexity index is 199. The van der Waals surface area contributed by atoms with E-state index < -0.39 is 6.29 Å². The average molecular weight is 140 g/mol. The van der Waals surface area contributed by atoms with Gasteiger partial charge in [0.05, 0.1) is 6.26 Å². The number of aliphatic hydroxyl groups is 1. The minimum absolute atomic E-state index is 0.0231. The molecule has 3 heteroatoms. The Morgan fingerprint density at radius 1 is 1.60 bits per heavy atom. The van der Waals surface area contributed by atoms with Gasteiger partial charge in [0.25, 0.3) is 0 Å². The molecule has 54 valence electrons. The molecule has 0 aromatic carbocycles. The van der Waals surface area contributed by atoms with Gasteiger partial charge in [-0.1, -0.05) is 0 Å². The van der Waals surface area contributed by atoms with Gasteiger partial charge < -0.3 is 14.3 Å². The first-order valence-corrected chi connectivity index (χ1v) is 3.23. The first-order chi connectivity index (χ1) is 4.86. The summed E-state index contributed by atoms with van der Waals surface area (Å²) in [4.78, 5) is 0. The summed E-state index contributed by atoms with van der Waals surface area (Å²) in [6.45, 7) is 0. The third-order valence-electron chi connectivity index (χ3n) is 1.60. The lowest BCUT2D eigenvalue weighted by atomic mass is 10.1. The summed E-state index contributed by atoms with van der Waals surface area (Å²) in [5.41, 5.74) is 0. The van der Waals surface area contributed by atoms with Gasteiger partial charge in [-0.15, -0.1) is 0 Å². The number of hydrogen-bond acceptors (Lipinski definition) is 3. The second kappa shape index (κ2) is 2.11. The van der Waals surface area contributed by atoms with Crippen molar-refractivity contribution in [2.75, 3.05) is 0 Å². The number of hydrogen-bond donors (Lipinski definition) is 1. The molecule has 0 saturated carbocycles. The van der Waals surface area contributed by atoms with Gasteiger partial charge in [0.1, 0.15) is 11.9 Å². The average Bonchev–Trinajstić information content (AvgIpc) is 2.31. The van der Waals surface area contributed by atoms with Crippen molar-refractivity contribution < 1.29 is 14.3 Å². The summed E-state index contributed by atoms with van der Waals surface area (Å²) in [5.74, 6) is 0.797. The van der Waals surface area contributed by atoms with Gasteiger partial charge in [-0.2, -0.15) is 0 Å². The summed E-state index contributed by atoms with van der Waals surface area (Å²) < 4.78 is 9.99. The molecule has 2 rings (SSSR count). The predicted octanol–water partition coefficient (Wildman–Crippen LogP) is 1.06. The van der Waals surface area contributed by atoms with E-state index in [4.69, 9.17) is 14.3 Å². The highest BCUT2D eigenvalue weighted by Crippen LogP contribution is 2.33. The maximum atomic E-state index is 8.75. The van der Waals surface area contributed by atoms with E-state index in [0.29, 0.717) is 6.42 Å². The summed E-state index contributed by atoms with van der Waals surface area (Å²) in [6.07, 6.45) is 1.64. The Morgan fingerprint density at radius 3 is 2.90 bits per heavy atom. The molecular formula is C7H8O3. The second-order valence-corrected chi connectivity index (χ2v) is 2.33. The molecule has 0 spiro atoms. The zero-order valence-corrected chi connectivity index (χ0v) is 5.36. The maximum absolute atomic E-state index is 8.75. The van der Waals surface area contributed by atoms with Crippen molar-refractivity contribution in [1.82, 2.24) is 0 Å². The predicted molar refractivity (Wildman–Crippen MR) is 33.2 cm³/mol. The third kappa shape index (κ3) is 0.836. The van der Waals surface area contributed by atoms with E-state index in [1.54, 1.807) is 6.26 Å². The lowest BCUT2D eigenvalue weighted by molar-refractivity contribution is -0.240. The molecule has 2 unspecified atom stereocenters. The summed E-state index contributed by atoms with van der Waals surface area (Å²) in [7, 11) is 0. The molecule has 1 aromatic heterocycles. The molecular weight excluding hydrogens is 132 g/mol. The highest BCUT2D eigenvalue weighted by Gasteiger charge is 2.31. The zero-order chi connectivity index (χ0) is 6.97. The molecule has 2 atom stereocenters. The molecule has 0 aliphatic carbocycles. The Morgan fingerprint density at radius 2 is 2.40 bits per heavy atom. The van der Waals surface area contributed by atoms with E-state index in [1.807, 2.05) is 12.1 Å². The first-order valence-electron chi connectivity index (χ1n) is 3.23. The van der Waals surface area contributed by atoms with Crippen molar-refractivity contribution in [1.29, 1.82) is 0 Å². The Kier molecular flexibility index (Phi) is 1.25. The molecule has 1 N–H and O–H groups in total. The first kappa shape index (κ1) is 5.95. The Balaban J connectivity index is 2.04. The molecule has 0 bridgehead atoms. The largest absolute Gasteiger partial charge is 0.467 e. The van der Waals surface area contributed by atoms with Crippen molar-refractivity contribution in [2.24, 2.45) is 0 Å². The van der Waals surface area contributed by atoms with Crippen LogP contribution in [0, 0.1) is 0 Å². The standard InChI is InChI=1S/C7H8O3/c8-7-4-6(10-7)5-2-1-3-9-5/h1-3,6-8H,4H2. The lowest BCUT2D eigenvalue weighted by Crippen LogP contribution is -2.29. The highest BCUT2D eigenvalue weighted by atomic mass is 16.6. The quantitative estimate of drug-likeness (QED) is 0.634. The lowest BCUT2D eigenvalue weighted by Gasteiger charge is -2.30. The van der Waals surface area contributed by atoms with E-state index in [0.717, 1.165) is 5.76 Å². The molecule has 2 heterocycles. The van der Waals surface area contributed by atoms with Gasteiger partial charge in [0, 0.05) is 6.42 Å². The fraction of sp³-hybridized carbons (Fsp3) is 0.429. The van der Waals surface area contributed by atoms with Crippen molar-refractivity contribution in [2.45, 2.75) is 18.8 Å². The molecule has 1 saturated heterocycles. The van der Waals surface area contributed by atoms with Crippen LogP contribution < -0.4 is 0 Å². The molecule has 1 aromatic rings. The maximum Gasteiger partial charge on any atom is 0.158 e. The third-order valence-corrected chi connectivity index (χ3v) is 1.60. The molecule has 0 amide bonds. The van der Waals surface area contributed by atoms with Crippen molar-refractivity contribution in [3.8, 4) is 0 Å². The smallest absolute Gasteiger partial charge is 0.158 e.